The number of halogens is 3. The third kappa shape index (κ3) is 6.28. The molecule has 4 heteroatoms. The Morgan fingerprint density at radius 1 is 1.09 bits per heavy atom. The maximum Gasteiger partial charge on any atom is 0.409 e. The van der Waals surface area contributed by atoms with Crippen LogP contribution in [0.25, 0.3) is 0 Å². The van der Waals surface area contributed by atoms with Crippen molar-refractivity contribution in [2.75, 3.05) is 6.61 Å². The first kappa shape index (κ1) is 17.9. The molecule has 0 amide bonds. The van der Waals surface area contributed by atoms with E-state index in [-0.39, 0.29) is 12.7 Å². The van der Waals surface area contributed by atoms with Crippen LogP contribution >= 0.6 is 0 Å². The molecule has 0 atom stereocenters. The Morgan fingerprint density at radius 2 is 1.74 bits per heavy atom. The van der Waals surface area contributed by atoms with Gasteiger partial charge in [0.1, 0.15) is 12.4 Å². The lowest BCUT2D eigenvalue weighted by atomic mass is 9.77. The van der Waals surface area contributed by atoms with E-state index in [1.54, 1.807) is 0 Å². The summed E-state index contributed by atoms with van der Waals surface area (Å²) in [6, 6.07) is 7.81. The van der Waals surface area contributed by atoms with E-state index in [4.69, 9.17) is 4.74 Å². The number of hydrogen-bond acceptors (Lipinski definition) is 1. The van der Waals surface area contributed by atoms with Crippen LogP contribution in [0, 0.1) is 5.92 Å². The molecule has 0 aromatic heterocycles. The van der Waals surface area contributed by atoms with E-state index in [0.717, 1.165) is 12.0 Å². The molecule has 0 heterocycles. The molecule has 1 saturated carbocycles. The van der Waals surface area contributed by atoms with E-state index < -0.39 is 6.18 Å². The maximum absolute atomic E-state index is 12.0. The monoisotopic (exact) mass is 326 g/mol. The fourth-order valence-corrected chi connectivity index (χ4v) is 3.36. The van der Waals surface area contributed by atoms with Crippen molar-refractivity contribution in [3.8, 4) is 5.75 Å². The zero-order valence-electron chi connectivity index (χ0n) is 13.6. The van der Waals surface area contributed by atoms with Gasteiger partial charge in [0.25, 0.3) is 0 Å². The van der Waals surface area contributed by atoms with Crippen molar-refractivity contribution in [1.29, 1.82) is 0 Å². The van der Waals surface area contributed by atoms with Crippen LogP contribution in [0.3, 0.4) is 0 Å². The Balaban J connectivity index is 1.80. The Morgan fingerprint density at radius 3 is 2.30 bits per heavy atom. The summed E-state index contributed by atoms with van der Waals surface area (Å²) in [4.78, 5) is 0. The lowest BCUT2D eigenvalue weighted by Gasteiger charge is -2.28. The van der Waals surface area contributed by atoms with Gasteiger partial charge in [0.2, 0.25) is 0 Å². The molecule has 1 aliphatic rings. The van der Waals surface area contributed by atoms with Gasteiger partial charge in [-0.15, -0.1) is 0 Å². The van der Waals surface area contributed by atoms with E-state index in [1.807, 2.05) is 24.3 Å². The Hall–Kier alpha value is -1.45. The number of alkyl halides is 3. The molecule has 23 heavy (non-hydrogen) atoms. The van der Waals surface area contributed by atoms with Gasteiger partial charge in [-0.25, -0.2) is 0 Å². The van der Waals surface area contributed by atoms with Gasteiger partial charge in [-0.3, -0.25) is 0 Å². The van der Waals surface area contributed by atoms with Crippen molar-refractivity contribution < 1.29 is 17.9 Å². The van der Waals surface area contributed by atoms with Crippen molar-refractivity contribution in [3.05, 3.63) is 42.0 Å². The van der Waals surface area contributed by atoms with Crippen molar-refractivity contribution in [1.82, 2.24) is 0 Å². The highest BCUT2D eigenvalue weighted by Gasteiger charge is 2.22. The van der Waals surface area contributed by atoms with E-state index in [0.29, 0.717) is 11.7 Å². The van der Waals surface area contributed by atoms with Gasteiger partial charge in [0, 0.05) is 6.08 Å². The molecule has 0 aliphatic heterocycles. The Labute approximate surface area is 136 Å². The van der Waals surface area contributed by atoms with Crippen LogP contribution in [-0.2, 0) is 0 Å². The fourth-order valence-electron chi connectivity index (χ4n) is 3.36. The molecule has 0 bridgehead atoms. The summed E-state index contributed by atoms with van der Waals surface area (Å²) < 4.78 is 41.2. The molecule has 1 aromatic carbocycles. The molecule has 1 aliphatic carbocycles. The minimum Gasteiger partial charge on any atom is -0.490 e. The van der Waals surface area contributed by atoms with Crippen LogP contribution in [0.1, 0.15) is 56.9 Å². The molecule has 1 nitrogen and oxygen atoms in total. The molecule has 0 radical (unpaired) electrons. The summed E-state index contributed by atoms with van der Waals surface area (Å²) in [5.41, 5.74) is 1.32. The topological polar surface area (TPSA) is 9.23 Å². The molecule has 1 aromatic rings. The predicted octanol–water partition coefficient (Wildman–Crippen LogP) is 6.26. The zero-order valence-corrected chi connectivity index (χ0v) is 13.6. The van der Waals surface area contributed by atoms with Gasteiger partial charge in [-0.05, 0) is 61.3 Å². The molecule has 0 unspecified atom stereocenters. The van der Waals surface area contributed by atoms with Gasteiger partial charge in [-0.1, -0.05) is 31.9 Å². The minimum absolute atomic E-state index is 0.0685. The van der Waals surface area contributed by atoms with E-state index >= 15 is 0 Å². The van der Waals surface area contributed by atoms with Crippen LogP contribution in [-0.4, -0.2) is 12.8 Å². The smallest absolute Gasteiger partial charge is 0.409 e. The summed E-state index contributed by atoms with van der Waals surface area (Å²) in [6.45, 7) is 2.18. The average Bonchev–Trinajstić information content (AvgIpc) is 2.52. The molecule has 0 saturated heterocycles. The van der Waals surface area contributed by atoms with Crippen LogP contribution in [0.4, 0.5) is 13.2 Å². The molecule has 1 fully saturated rings. The summed E-state index contributed by atoms with van der Waals surface area (Å²) in [5.74, 6) is 2.11. The first-order valence-electron chi connectivity index (χ1n) is 8.45. The number of ether oxygens (including phenoxy) is 1. The number of rotatable bonds is 6. The first-order valence-corrected chi connectivity index (χ1v) is 8.45. The van der Waals surface area contributed by atoms with Crippen molar-refractivity contribution in [3.63, 3.8) is 0 Å². The molecular formula is C19H25F3O. The second-order valence-corrected chi connectivity index (χ2v) is 6.33. The highest BCUT2D eigenvalue weighted by molar-refractivity contribution is 5.29. The lowest BCUT2D eigenvalue weighted by Crippen LogP contribution is -2.13. The summed E-state index contributed by atoms with van der Waals surface area (Å²) in [6.07, 6.45) is 4.61. The summed E-state index contributed by atoms with van der Waals surface area (Å²) in [7, 11) is 0. The van der Waals surface area contributed by atoms with Crippen LogP contribution in [0.15, 0.2) is 36.4 Å². The summed E-state index contributed by atoms with van der Waals surface area (Å²) in [5, 5.41) is 0. The van der Waals surface area contributed by atoms with Gasteiger partial charge >= 0.3 is 6.18 Å². The number of allylic oxidation sites excluding steroid dienone is 1. The van der Waals surface area contributed by atoms with Crippen molar-refractivity contribution in [2.45, 2.75) is 57.5 Å². The van der Waals surface area contributed by atoms with Gasteiger partial charge < -0.3 is 4.74 Å². The average molecular weight is 326 g/mol. The molecule has 0 N–H and O–H groups in total. The van der Waals surface area contributed by atoms with Crippen LogP contribution < -0.4 is 4.74 Å². The number of hydrogen-bond donors (Lipinski definition) is 0. The van der Waals surface area contributed by atoms with Crippen LogP contribution in [0.2, 0.25) is 0 Å². The molecular weight excluding hydrogens is 301 g/mol. The largest absolute Gasteiger partial charge is 0.490 e. The van der Waals surface area contributed by atoms with Crippen molar-refractivity contribution in [2.24, 2.45) is 5.92 Å². The Bertz CT molecular complexity index is 482. The maximum atomic E-state index is 12.0. The zero-order chi connectivity index (χ0) is 16.7. The lowest BCUT2D eigenvalue weighted by molar-refractivity contribution is -0.0801. The second-order valence-electron chi connectivity index (χ2n) is 6.33. The third-order valence-corrected chi connectivity index (χ3v) is 4.55. The predicted molar refractivity (Wildman–Crippen MR) is 86.7 cm³/mol. The van der Waals surface area contributed by atoms with E-state index in [2.05, 4.69) is 6.92 Å². The number of benzene rings is 1. The standard InChI is InChI=1S/C19H25F3O/c1-2-4-15-5-7-16(8-6-15)17-9-11-18(12-10-17)23-14-3-13-19(20,21)22/h3,9-13,15-16H,2,4-8,14H2,1H3/b13-3+/t15-,16-. The molecule has 0 spiro atoms. The van der Waals surface area contributed by atoms with Gasteiger partial charge in [0.15, 0.2) is 0 Å². The van der Waals surface area contributed by atoms with Gasteiger partial charge in [0.05, 0.1) is 0 Å². The first-order chi connectivity index (χ1) is 11.0. The SMILES string of the molecule is CCC[C@H]1CC[C@H](c2ccc(OC/C=C/C(F)(F)F)cc2)CC1. The normalized spacial score (nSPS) is 22.4. The minimum atomic E-state index is -4.27. The third-order valence-electron chi connectivity index (χ3n) is 4.55. The van der Waals surface area contributed by atoms with Crippen LogP contribution in [0.5, 0.6) is 5.75 Å². The van der Waals surface area contributed by atoms with E-state index in [1.165, 1.54) is 44.1 Å². The molecule has 2 rings (SSSR count). The summed E-state index contributed by atoms with van der Waals surface area (Å²) >= 11 is 0. The van der Waals surface area contributed by atoms with E-state index in [9.17, 15) is 13.2 Å². The highest BCUT2D eigenvalue weighted by Crippen LogP contribution is 2.37. The molecule has 128 valence electrons. The highest BCUT2D eigenvalue weighted by atomic mass is 19.4. The van der Waals surface area contributed by atoms with Crippen molar-refractivity contribution >= 4 is 0 Å². The fraction of sp³-hybridized carbons (Fsp3) is 0.579. The quantitative estimate of drug-likeness (QED) is 0.561. The Kier molecular flexibility index (Phi) is 6.55. The van der Waals surface area contributed by atoms with Gasteiger partial charge in [-0.2, -0.15) is 13.2 Å². The second kappa shape index (κ2) is 8.42.